The van der Waals surface area contributed by atoms with Crippen LogP contribution in [-0.4, -0.2) is 29.1 Å². The fourth-order valence-electron chi connectivity index (χ4n) is 4.07. The zero-order valence-electron chi connectivity index (χ0n) is 18.4. The Kier molecular flexibility index (Phi) is 14.8. The molecule has 0 radical (unpaired) electrons. The van der Waals surface area contributed by atoms with Gasteiger partial charge in [0.25, 0.3) is 0 Å². The summed E-state index contributed by atoms with van der Waals surface area (Å²) in [6, 6.07) is 0. The lowest BCUT2D eigenvalue weighted by atomic mass is 10.1. The van der Waals surface area contributed by atoms with Crippen LogP contribution >= 0.6 is 0 Å². The van der Waals surface area contributed by atoms with E-state index in [9.17, 15) is 0 Å². The summed E-state index contributed by atoms with van der Waals surface area (Å²) < 4.78 is 0. The number of hydrogen-bond donors (Lipinski definition) is 0. The molecule has 2 heteroatoms. The minimum atomic E-state index is 0.646. The summed E-state index contributed by atoms with van der Waals surface area (Å²) in [7, 11) is 0. The van der Waals surface area contributed by atoms with Crippen LogP contribution in [0.4, 0.5) is 0 Å². The van der Waals surface area contributed by atoms with Crippen molar-refractivity contribution in [2.24, 2.45) is 0 Å². The van der Waals surface area contributed by atoms with Crippen LogP contribution in [-0.2, 0) is 0 Å². The Labute approximate surface area is 165 Å². The van der Waals surface area contributed by atoms with E-state index in [1.807, 2.05) is 0 Å². The highest BCUT2D eigenvalue weighted by Crippen LogP contribution is 2.23. The van der Waals surface area contributed by atoms with Crippen molar-refractivity contribution in [3.63, 3.8) is 0 Å². The van der Waals surface area contributed by atoms with Gasteiger partial charge in [-0.1, -0.05) is 97.8 Å². The first kappa shape index (κ1) is 23.4. The summed E-state index contributed by atoms with van der Waals surface area (Å²) in [5.74, 6) is 0. The van der Waals surface area contributed by atoms with Crippen molar-refractivity contribution in [1.29, 1.82) is 0 Å². The third kappa shape index (κ3) is 10.5. The molecule has 0 aromatic carbocycles. The van der Waals surface area contributed by atoms with E-state index in [-0.39, 0.29) is 0 Å². The molecule has 0 bridgehead atoms. The second-order valence-electron chi connectivity index (χ2n) is 8.29. The molecule has 0 aliphatic carbocycles. The Morgan fingerprint density at radius 2 is 0.885 bits per heavy atom. The molecule has 1 unspecified atom stereocenters. The van der Waals surface area contributed by atoms with Gasteiger partial charge in [-0.15, -0.1) is 0 Å². The lowest BCUT2D eigenvalue weighted by molar-refractivity contribution is 0.136. The number of unbranched alkanes of at least 4 members (excludes halogenated alkanes) is 12. The molecule has 0 aromatic rings. The van der Waals surface area contributed by atoms with Gasteiger partial charge >= 0.3 is 0 Å². The van der Waals surface area contributed by atoms with Gasteiger partial charge in [-0.2, -0.15) is 0 Å². The largest absolute Gasteiger partial charge is 0.356 e. The minimum absolute atomic E-state index is 0.646. The van der Waals surface area contributed by atoms with Crippen LogP contribution in [0.2, 0.25) is 0 Å². The van der Waals surface area contributed by atoms with Crippen molar-refractivity contribution in [3.8, 4) is 0 Å². The molecule has 0 aromatic heterocycles. The monoisotopic (exact) mass is 364 g/mol. The van der Waals surface area contributed by atoms with E-state index in [2.05, 4.69) is 43.0 Å². The van der Waals surface area contributed by atoms with Gasteiger partial charge in [0.05, 0.1) is 0 Å². The van der Waals surface area contributed by atoms with Gasteiger partial charge in [0, 0.05) is 25.5 Å². The molecule has 1 aliphatic rings. The lowest BCUT2D eigenvalue weighted by Gasteiger charge is -2.33. The summed E-state index contributed by atoms with van der Waals surface area (Å²) in [6.07, 6.45) is 27.7. The maximum atomic E-state index is 2.64. The predicted molar refractivity (Wildman–Crippen MR) is 117 cm³/mol. The predicted octanol–water partition coefficient (Wildman–Crippen LogP) is 7.70. The van der Waals surface area contributed by atoms with E-state index in [1.165, 1.54) is 116 Å². The Hall–Kier alpha value is -0.660. The van der Waals surface area contributed by atoms with Gasteiger partial charge < -0.3 is 9.80 Å². The first-order chi connectivity index (χ1) is 12.8. The molecule has 0 N–H and O–H groups in total. The summed E-state index contributed by atoms with van der Waals surface area (Å²) in [5, 5.41) is 0. The Morgan fingerprint density at radius 3 is 1.42 bits per heavy atom. The average Bonchev–Trinajstić information content (AvgIpc) is 3.03. The topological polar surface area (TPSA) is 6.48 Å². The van der Waals surface area contributed by atoms with Gasteiger partial charge in [0.1, 0.15) is 6.17 Å². The zero-order valence-corrected chi connectivity index (χ0v) is 18.4. The number of nitrogens with zero attached hydrogens (tertiary/aromatic N) is 2. The van der Waals surface area contributed by atoms with Crippen LogP contribution in [0.25, 0.3) is 0 Å². The summed E-state index contributed by atoms with van der Waals surface area (Å²) in [6.45, 7) is 9.41. The van der Waals surface area contributed by atoms with Crippen LogP contribution < -0.4 is 0 Å². The molecule has 0 saturated heterocycles. The SMILES string of the molecule is CCCCCCCCCCCN1C=CN(CCCCC)C1CCCCC. The molecule has 0 amide bonds. The fourth-order valence-corrected chi connectivity index (χ4v) is 4.07. The number of hydrogen-bond acceptors (Lipinski definition) is 2. The van der Waals surface area contributed by atoms with Crippen LogP contribution in [0, 0.1) is 0 Å². The standard InChI is InChI=1S/C24H48N2/c1-4-7-10-11-12-13-14-15-18-21-26-23-22-25(20-17-9-6-3)24(26)19-16-8-5-2/h22-24H,4-21H2,1-3H3. The van der Waals surface area contributed by atoms with Gasteiger partial charge in [0.15, 0.2) is 0 Å². The molecule has 0 fully saturated rings. The lowest BCUT2D eigenvalue weighted by Crippen LogP contribution is -2.39. The van der Waals surface area contributed by atoms with Gasteiger partial charge in [-0.25, -0.2) is 0 Å². The van der Waals surface area contributed by atoms with E-state index < -0.39 is 0 Å². The second-order valence-corrected chi connectivity index (χ2v) is 8.29. The normalized spacial score (nSPS) is 16.8. The van der Waals surface area contributed by atoms with Gasteiger partial charge in [-0.05, 0) is 25.7 Å². The van der Waals surface area contributed by atoms with Gasteiger partial charge in [0.2, 0.25) is 0 Å². The highest BCUT2D eigenvalue weighted by atomic mass is 15.4. The molecule has 26 heavy (non-hydrogen) atoms. The van der Waals surface area contributed by atoms with Crippen LogP contribution in [0.1, 0.15) is 124 Å². The molecular weight excluding hydrogens is 316 g/mol. The Balaban J connectivity index is 2.19. The molecule has 0 saturated carbocycles. The minimum Gasteiger partial charge on any atom is -0.356 e. The van der Waals surface area contributed by atoms with Crippen molar-refractivity contribution in [3.05, 3.63) is 12.4 Å². The van der Waals surface area contributed by atoms with Crippen LogP contribution in [0.5, 0.6) is 0 Å². The fraction of sp³-hybridized carbons (Fsp3) is 0.917. The average molecular weight is 365 g/mol. The molecule has 0 spiro atoms. The molecule has 2 nitrogen and oxygen atoms in total. The molecule has 1 heterocycles. The maximum absolute atomic E-state index is 2.64. The van der Waals surface area contributed by atoms with Crippen molar-refractivity contribution in [1.82, 2.24) is 9.80 Å². The molecular formula is C24H48N2. The Bertz CT molecular complexity index is 326. The number of rotatable bonds is 18. The highest BCUT2D eigenvalue weighted by molar-refractivity contribution is 4.96. The highest BCUT2D eigenvalue weighted by Gasteiger charge is 2.24. The van der Waals surface area contributed by atoms with Crippen LogP contribution in [0.3, 0.4) is 0 Å². The maximum Gasteiger partial charge on any atom is 0.101 e. The zero-order chi connectivity index (χ0) is 18.9. The molecule has 1 aliphatic heterocycles. The van der Waals surface area contributed by atoms with Crippen molar-refractivity contribution >= 4 is 0 Å². The van der Waals surface area contributed by atoms with Crippen molar-refractivity contribution < 1.29 is 0 Å². The van der Waals surface area contributed by atoms with E-state index >= 15 is 0 Å². The quantitative estimate of drug-likeness (QED) is 0.230. The molecule has 154 valence electrons. The van der Waals surface area contributed by atoms with E-state index in [1.54, 1.807) is 0 Å². The first-order valence-corrected chi connectivity index (χ1v) is 12.0. The summed E-state index contributed by atoms with van der Waals surface area (Å²) in [4.78, 5) is 5.27. The van der Waals surface area contributed by atoms with E-state index in [0.717, 1.165) is 0 Å². The molecule has 1 atom stereocenters. The van der Waals surface area contributed by atoms with Crippen molar-refractivity contribution in [2.45, 2.75) is 130 Å². The summed E-state index contributed by atoms with van der Waals surface area (Å²) >= 11 is 0. The third-order valence-corrected chi connectivity index (χ3v) is 5.82. The van der Waals surface area contributed by atoms with Crippen LogP contribution in [0.15, 0.2) is 12.4 Å². The smallest absolute Gasteiger partial charge is 0.101 e. The Morgan fingerprint density at radius 1 is 0.500 bits per heavy atom. The summed E-state index contributed by atoms with van der Waals surface area (Å²) in [5.41, 5.74) is 0. The van der Waals surface area contributed by atoms with Crippen molar-refractivity contribution in [2.75, 3.05) is 13.1 Å². The van der Waals surface area contributed by atoms with E-state index in [4.69, 9.17) is 0 Å². The molecule has 1 rings (SSSR count). The third-order valence-electron chi connectivity index (χ3n) is 5.82. The van der Waals surface area contributed by atoms with E-state index in [0.29, 0.717) is 6.17 Å². The first-order valence-electron chi connectivity index (χ1n) is 12.0. The van der Waals surface area contributed by atoms with Gasteiger partial charge in [-0.3, -0.25) is 0 Å². The second kappa shape index (κ2) is 16.5.